The molecule has 5 rings (SSSR count). The molecule has 0 aliphatic carbocycles. The predicted molar refractivity (Wildman–Crippen MR) is 151 cm³/mol. The zero-order chi connectivity index (χ0) is 28.3. The fraction of sp³-hybridized carbons (Fsp3) is 0. The highest BCUT2D eigenvalue weighted by Crippen LogP contribution is 2.34. The molecule has 0 aromatic heterocycles. The SMILES string of the molecule is O=C(Nc1cccc2cccc(SOOO)c12)c1ccc(C(=O)Nc2cccc3cccc(S(=O)(=O)O)c23)cc1. The highest BCUT2D eigenvalue weighted by molar-refractivity contribution is 7.94. The minimum Gasteiger partial charge on any atom is -0.321 e. The van der Waals surface area contributed by atoms with Crippen LogP contribution in [0.2, 0.25) is 0 Å². The second-order valence-corrected chi connectivity index (χ2v) is 10.6. The summed E-state index contributed by atoms with van der Waals surface area (Å²) in [5, 5.41) is 20.0. The first-order valence-electron chi connectivity index (χ1n) is 11.6. The number of benzene rings is 5. The van der Waals surface area contributed by atoms with Gasteiger partial charge in [-0.1, -0.05) is 53.6 Å². The van der Waals surface area contributed by atoms with E-state index in [-0.39, 0.29) is 27.1 Å². The zero-order valence-electron chi connectivity index (χ0n) is 20.4. The van der Waals surface area contributed by atoms with Crippen molar-refractivity contribution in [2.45, 2.75) is 9.79 Å². The summed E-state index contributed by atoms with van der Waals surface area (Å²) >= 11 is 0.780. The van der Waals surface area contributed by atoms with E-state index in [1.807, 2.05) is 12.1 Å². The van der Waals surface area contributed by atoms with E-state index in [1.54, 1.807) is 42.5 Å². The molecule has 0 fully saturated rings. The van der Waals surface area contributed by atoms with Crippen LogP contribution in [0.5, 0.6) is 0 Å². The summed E-state index contributed by atoms with van der Waals surface area (Å²) < 4.78 is 38.1. The Morgan fingerprint density at radius 1 is 0.675 bits per heavy atom. The van der Waals surface area contributed by atoms with E-state index in [9.17, 15) is 22.6 Å². The number of rotatable bonds is 8. The molecule has 4 N–H and O–H groups in total. The molecule has 202 valence electrons. The van der Waals surface area contributed by atoms with E-state index >= 15 is 0 Å². The van der Waals surface area contributed by atoms with Crippen LogP contribution in [-0.4, -0.2) is 30.0 Å². The summed E-state index contributed by atoms with van der Waals surface area (Å²) in [4.78, 5) is 26.3. The van der Waals surface area contributed by atoms with Crippen molar-refractivity contribution >= 4 is 66.9 Å². The monoisotopic (exact) mass is 576 g/mol. The zero-order valence-corrected chi connectivity index (χ0v) is 22.0. The Morgan fingerprint density at radius 2 is 1.15 bits per heavy atom. The van der Waals surface area contributed by atoms with Gasteiger partial charge in [-0.3, -0.25) is 14.1 Å². The molecule has 0 aliphatic rings. The summed E-state index contributed by atoms with van der Waals surface area (Å²) in [6.07, 6.45) is 0. The van der Waals surface area contributed by atoms with Crippen molar-refractivity contribution in [1.82, 2.24) is 0 Å². The van der Waals surface area contributed by atoms with Crippen molar-refractivity contribution in [2.75, 3.05) is 10.6 Å². The molecule has 0 bridgehead atoms. The van der Waals surface area contributed by atoms with Gasteiger partial charge in [0.25, 0.3) is 21.9 Å². The molecule has 40 heavy (non-hydrogen) atoms. The van der Waals surface area contributed by atoms with Gasteiger partial charge >= 0.3 is 0 Å². The maximum absolute atomic E-state index is 13.0. The van der Waals surface area contributed by atoms with Gasteiger partial charge in [0, 0.05) is 26.8 Å². The lowest BCUT2D eigenvalue weighted by atomic mass is 10.1. The number of hydrogen-bond acceptors (Lipinski definition) is 8. The van der Waals surface area contributed by atoms with E-state index in [2.05, 4.69) is 20.0 Å². The first kappa shape index (κ1) is 27.3. The van der Waals surface area contributed by atoms with Gasteiger partial charge in [0.05, 0.1) is 23.4 Å². The van der Waals surface area contributed by atoms with Gasteiger partial charge in [-0.25, -0.2) is 5.26 Å². The van der Waals surface area contributed by atoms with Gasteiger partial charge in [-0.05, 0) is 59.3 Å². The van der Waals surface area contributed by atoms with Crippen molar-refractivity contribution in [3.05, 3.63) is 108 Å². The van der Waals surface area contributed by atoms with E-state index in [4.69, 9.17) is 5.26 Å². The van der Waals surface area contributed by atoms with Crippen LogP contribution in [0.1, 0.15) is 20.7 Å². The van der Waals surface area contributed by atoms with Crippen molar-refractivity contribution in [3.8, 4) is 0 Å². The van der Waals surface area contributed by atoms with Crippen molar-refractivity contribution in [1.29, 1.82) is 0 Å². The lowest BCUT2D eigenvalue weighted by Gasteiger charge is -2.13. The van der Waals surface area contributed by atoms with Gasteiger partial charge in [0.15, 0.2) is 0 Å². The van der Waals surface area contributed by atoms with Crippen LogP contribution in [0.15, 0.2) is 107 Å². The van der Waals surface area contributed by atoms with Crippen LogP contribution in [0.3, 0.4) is 0 Å². The van der Waals surface area contributed by atoms with Crippen molar-refractivity contribution in [2.24, 2.45) is 0 Å². The van der Waals surface area contributed by atoms with Gasteiger partial charge in [-0.2, -0.15) is 8.42 Å². The normalized spacial score (nSPS) is 11.4. The van der Waals surface area contributed by atoms with Crippen LogP contribution in [0, 0.1) is 0 Å². The molecule has 0 spiro atoms. The summed E-state index contributed by atoms with van der Waals surface area (Å²) in [6.45, 7) is 0. The molecule has 12 heteroatoms. The second-order valence-electron chi connectivity index (χ2n) is 8.51. The molecule has 0 aliphatic heterocycles. The molecule has 0 saturated carbocycles. The third-order valence-electron chi connectivity index (χ3n) is 6.07. The third kappa shape index (κ3) is 5.67. The minimum atomic E-state index is -4.54. The number of hydrogen-bond donors (Lipinski definition) is 4. The van der Waals surface area contributed by atoms with Gasteiger partial charge in [-0.15, -0.1) is 4.33 Å². The van der Waals surface area contributed by atoms with Gasteiger partial charge < -0.3 is 10.6 Å². The largest absolute Gasteiger partial charge is 0.321 e. The molecular formula is C28H20N2O8S2. The van der Waals surface area contributed by atoms with Gasteiger partial charge in [0.1, 0.15) is 4.90 Å². The van der Waals surface area contributed by atoms with Crippen LogP contribution < -0.4 is 10.6 Å². The summed E-state index contributed by atoms with van der Waals surface area (Å²) in [5.41, 5.74) is 1.22. The fourth-order valence-electron chi connectivity index (χ4n) is 4.32. The van der Waals surface area contributed by atoms with Crippen LogP contribution >= 0.6 is 12.0 Å². The molecule has 0 atom stereocenters. The van der Waals surface area contributed by atoms with E-state index in [0.29, 0.717) is 21.4 Å². The average molecular weight is 577 g/mol. The smallest absolute Gasteiger partial charge is 0.295 e. The fourth-order valence-corrected chi connectivity index (χ4v) is 5.60. The number of fused-ring (bicyclic) bond motifs is 2. The lowest BCUT2D eigenvalue weighted by molar-refractivity contribution is -0.432. The average Bonchev–Trinajstić information content (AvgIpc) is 2.95. The molecule has 0 unspecified atom stereocenters. The number of amides is 2. The summed E-state index contributed by atoms with van der Waals surface area (Å²) in [6, 6.07) is 25.9. The van der Waals surface area contributed by atoms with Crippen LogP contribution in [0.4, 0.5) is 11.4 Å². The standard InChI is InChI=1S/C28H20N2O8S2/c31-27(29-21-9-1-5-17-7-3-11-23(25(17)21)39-38-37-33)19-13-15-20(16-14-19)28(32)30-22-10-2-6-18-8-4-12-24(26(18)22)40(34,35)36/h1-16,33H,(H,29,31)(H,30,32)(H,34,35,36). The Morgan fingerprint density at radius 3 is 1.68 bits per heavy atom. The van der Waals surface area contributed by atoms with Crippen molar-refractivity contribution in [3.63, 3.8) is 0 Å². The quantitative estimate of drug-likeness (QED) is 0.0735. The summed E-state index contributed by atoms with van der Waals surface area (Å²) in [5.74, 6) is -0.961. The van der Waals surface area contributed by atoms with Crippen LogP contribution in [0.25, 0.3) is 21.5 Å². The molecule has 5 aromatic carbocycles. The number of carbonyl (C=O) groups is 2. The van der Waals surface area contributed by atoms with Crippen molar-refractivity contribution < 1.29 is 37.2 Å². The number of carbonyl (C=O) groups excluding carboxylic acids is 2. The molecule has 5 aromatic rings. The lowest BCUT2D eigenvalue weighted by Crippen LogP contribution is -2.15. The Hall–Kier alpha value is -4.30. The molecule has 0 saturated heterocycles. The van der Waals surface area contributed by atoms with Crippen LogP contribution in [-0.2, 0) is 19.5 Å². The summed E-state index contributed by atoms with van der Waals surface area (Å²) in [7, 11) is -4.54. The molecule has 0 heterocycles. The first-order valence-corrected chi connectivity index (χ1v) is 13.8. The van der Waals surface area contributed by atoms with E-state index < -0.39 is 21.9 Å². The number of anilines is 2. The Labute approximate surface area is 232 Å². The highest BCUT2D eigenvalue weighted by atomic mass is 32.2. The van der Waals surface area contributed by atoms with E-state index in [0.717, 1.165) is 17.4 Å². The Kier molecular flexibility index (Phi) is 7.80. The Balaban J connectivity index is 1.37. The predicted octanol–water partition coefficient (Wildman–Crippen LogP) is 6.17. The van der Waals surface area contributed by atoms with E-state index in [1.165, 1.54) is 42.5 Å². The molecular weight excluding hydrogens is 556 g/mol. The maximum atomic E-state index is 13.0. The highest BCUT2D eigenvalue weighted by Gasteiger charge is 2.18. The number of nitrogens with one attached hydrogen (secondary N) is 2. The maximum Gasteiger partial charge on any atom is 0.295 e. The first-order chi connectivity index (χ1) is 19.3. The Bertz CT molecular complexity index is 1850. The minimum absolute atomic E-state index is 0.181. The topological polar surface area (TPSA) is 151 Å². The third-order valence-corrected chi connectivity index (χ3v) is 7.62. The van der Waals surface area contributed by atoms with Gasteiger partial charge in [0.2, 0.25) is 0 Å². The molecule has 2 amide bonds. The molecule has 0 radical (unpaired) electrons. The second kappa shape index (κ2) is 11.4. The molecule has 10 nitrogen and oxygen atoms in total.